The molecule has 0 saturated heterocycles. The minimum absolute atomic E-state index is 0. The van der Waals surface area contributed by atoms with E-state index >= 15 is 0 Å². The maximum absolute atomic E-state index is 11.5. The molecule has 0 aliphatic carbocycles. The highest BCUT2D eigenvalue weighted by molar-refractivity contribution is 5.95. The van der Waals surface area contributed by atoms with Crippen LogP contribution >= 0.6 is 0 Å². The Morgan fingerprint density at radius 1 is 1.04 bits per heavy atom. The normalized spacial score (nSPS) is 11.1. The van der Waals surface area contributed by atoms with Crippen LogP contribution in [-0.2, 0) is 18.9 Å². The van der Waals surface area contributed by atoms with Gasteiger partial charge in [-0.15, -0.1) is 0 Å². The van der Waals surface area contributed by atoms with Crippen molar-refractivity contribution in [2.45, 2.75) is 33.3 Å². The summed E-state index contributed by atoms with van der Waals surface area (Å²) in [5.41, 5.74) is 0.642. The number of hydrogen-bond donors (Lipinski definition) is 1. The van der Waals surface area contributed by atoms with Gasteiger partial charge in [-0.2, -0.15) is 0 Å². The number of ketones is 1. The zero-order valence-electron chi connectivity index (χ0n) is 16.2. The summed E-state index contributed by atoms with van der Waals surface area (Å²) in [5.74, 6) is 0.831. The molecule has 1 aromatic heterocycles. The van der Waals surface area contributed by atoms with Crippen LogP contribution in [0, 0.1) is 0 Å². The van der Waals surface area contributed by atoms with Crippen molar-refractivity contribution in [1.29, 1.82) is 0 Å². The first-order chi connectivity index (χ1) is 12.6. The van der Waals surface area contributed by atoms with Crippen molar-refractivity contribution < 1.29 is 25.2 Å². The Balaban J connectivity index is 0.00000676. The highest BCUT2D eigenvalue weighted by atomic mass is 16.6. The number of aromatic nitrogens is 1. The third kappa shape index (κ3) is 11.1. The van der Waals surface area contributed by atoms with E-state index < -0.39 is 0 Å². The average molecular weight is 370 g/mol. The maximum Gasteiger partial charge on any atom is 0.164 e. The molecule has 0 atom stereocenters. The van der Waals surface area contributed by atoms with Crippen LogP contribution in [0.4, 0.5) is 5.82 Å². The van der Waals surface area contributed by atoms with Crippen LogP contribution < -0.4 is 5.32 Å². The van der Waals surface area contributed by atoms with Gasteiger partial charge < -0.3 is 24.3 Å². The zero-order valence-corrected chi connectivity index (χ0v) is 16.2. The number of pyridine rings is 1. The van der Waals surface area contributed by atoms with Gasteiger partial charge in [0.2, 0.25) is 0 Å². The zero-order chi connectivity index (χ0) is 19.0. The highest BCUT2D eigenvalue weighted by Gasteiger charge is 2.03. The van der Waals surface area contributed by atoms with Gasteiger partial charge in [-0.3, -0.25) is 4.79 Å². The van der Waals surface area contributed by atoms with Gasteiger partial charge in [0.15, 0.2) is 5.78 Å². The van der Waals surface area contributed by atoms with Gasteiger partial charge in [-0.25, -0.2) is 4.98 Å². The summed E-state index contributed by atoms with van der Waals surface area (Å²) in [5, 5.41) is 3.15. The van der Waals surface area contributed by atoms with Gasteiger partial charge in [0, 0.05) is 26.2 Å². The van der Waals surface area contributed by atoms with E-state index in [-0.39, 0.29) is 13.3 Å². The second kappa shape index (κ2) is 14.6. The molecule has 150 valence electrons. The Bertz CT molecular complexity index is 485. The molecule has 1 heterocycles. The van der Waals surface area contributed by atoms with Crippen molar-refractivity contribution in [3.8, 4) is 0 Å². The first-order valence-electron chi connectivity index (χ1n) is 9.21. The predicted octanol–water partition coefficient (Wildman–Crippen LogP) is 2.81. The molecule has 0 amide bonds. The number of nitrogens with one attached hydrogen (secondary N) is 1. The Hall–Kier alpha value is -1.54. The summed E-state index contributed by atoms with van der Waals surface area (Å²) in [7, 11) is 0. The van der Waals surface area contributed by atoms with Gasteiger partial charge in [-0.1, -0.05) is 6.92 Å². The lowest BCUT2D eigenvalue weighted by Crippen LogP contribution is -2.15. The van der Waals surface area contributed by atoms with E-state index in [9.17, 15) is 4.79 Å². The van der Waals surface area contributed by atoms with Crippen LogP contribution in [0.15, 0.2) is 18.3 Å². The predicted molar refractivity (Wildman–Crippen MR) is 103 cm³/mol. The van der Waals surface area contributed by atoms with Gasteiger partial charge in [0.25, 0.3) is 0 Å². The molecule has 26 heavy (non-hydrogen) atoms. The molecular formula is C19H34N2O5. The summed E-state index contributed by atoms with van der Waals surface area (Å²) in [6.07, 6.45) is 2.32. The Morgan fingerprint density at radius 3 is 2.19 bits per heavy atom. The number of ether oxygens (including phenoxy) is 4. The summed E-state index contributed by atoms with van der Waals surface area (Å²) < 4.78 is 21.6. The largest absolute Gasteiger partial charge is 0.377 e. The van der Waals surface area contributed by atoms with Gasteiger partial charge in [0.1, 0.15) is 5.82 Å². The molecule has 0 bridgehead atoms. The molecule has 1 N–H and O–H groups in total. The number of carbonyl (C=O) groups excluding carboxylic acids is 1. The van der Waals surface area contributed by atoms with Gasteiger partial charge in [0.05, 0.1) is 52.4 Å². The van der Waals surface area contributed by atoms with E-state index in [0.717, 1.165) is 5.82 Å². The van der Waals surface area contributed by atoms with Crippen LogP contribution in [0.5, 0.6) is 0 Å². The van der Waals surface area contributed by atoms with E-state index in [1.165, 1.54) is 0 Å². The number of hydrogen-bond acceptors (Lipinski definition) is 7. The number of Topliss-reactive ketones (excluding diaryl/α,β-unsaturated/α-hetero) is 1. The van der Waals surface area contributed by atoms with Crippen LogP contribution in [0.3, 0.4) is 0 Å². The second-order valence-electron chi connectivity index (χ2n) is 5.89. The molecule has 1 rings (SSSR count). The average Bonchev–Trinajstić information content (AvgIpc) is 2.65. The lowest BCUT2D eigenvalue weighted by Gasteiger charge is -2.09. The standard InChI is InChI=1S/C19H32N2O5.H2/c1-4-18(22)17-5-6-19(21-15-17)20-7-8-23-9-10-24-11-12-25-13-14-26-16(2)3;/h5-6,15-16H,4,7-14H2,1-3H3,(H,20,21);1H. The number of nitrogens with zero attached hydrogens (tertiary/aromatic N) is 1. The molecule has 0 spiro atoms. The molecule has 7 heteroatoms. The molecular weight excluding hydrogens is 336 g/mol. The molecule has 0 saturated carbocycles. The van der Waals surface area contributed by atoms with Crippen LogP contribution in [-0.4, -0.2) is 69.7 Å². The number of rotatable bonds is 16. The monoisotopic (exact) mass is 370 g/mol. The van der Waals surface area contributed by atoms with Crippen LogP contribution in [0.25, 0.3) is 0 Å². The van der Waals surface area contributed by atoms with E-state index in [0.29, 0.717) is 64.8 Å². The Morgan fingerprint density at radius 2 is 1.65 bits per heavy atom. The fourth-order valence-corrected chi connectivity index (χ4v) is 2.00. The summed E-state index contributed by atoms with van der Waals surface area (Å²) in [6.45, 7) is 10.4. The minimum Gasteiger partial charge on any atom is -0.377 e. The third-order valence-corrected chi connectivity index (χ3v) is 3.38. The molecule has 0 aliphatic heterocycles. The summed E-state index contributed by atoms with van der Waals surface area (Å²) in [4.78, 5) is 15.7. The summed E-state index contributed by atoms with van der Waals surface area (Å²) >= 11 is 0. The SMILES string of the molecule is CCC(=O)c1ccc(NCCOCCOCCOCCOC(C)C)nc1.[HH]. The Labute approximate surface area is 157 Å². The van der Waals surface area contributed by atoms with Crippen molar-refractivity contribution in [3.63, 3.8) is 0 Å². The maximum atomic E-state index is 11.5. The smallest absolute Gasteiger partial charge is 0.164 e. The molecule has 7 nitrogen and oxygen atoms in total. The molecule has 0 aliphatic rings. The third-order valence-electron chi connectivity index (χ3n) is 3.38. The summed E-state index contributed by atoms with van der Waals surface area (Å²) in [6, 6.07) is 3.59. The fourth-order valence-electron chi connectivity index (χ4n) is 2.00. The lowest BCUT2D eigenvalue weighted by atomic mass is 10.1. The second-order valence-corrected chi connectivity index (χ2v) is 5.89. The highest BCUT2D eigenvalue weighted by Crippen LogP contribution is 2.06. The number of carbonyl (C=O) groups is 1. The van der Waals surface area contributed by atoms with Crippen molar-refractivity contribution in [3.05, 3.63) is 23.9 Å². The van der Waals surface area contributed by atoms with Crippen LogP contribution in [0.1, 0.15) is 39.0 Å². The topological polar surface area (TPSA) is 78.9 Å². The van der Waals surface area contributed by atoms with E-state index in [2.05, 4.69) is 10.3 Å². The molecule has 1 aromatic rings. The lowest BCUT2D eigenvalue weighted by molar-refractivity contribution is -0.0110. The van der Waals surface area contributed by atoms with Crippen LogP contribution in [0.2, 0.25) is 0 Å². The Kier molecular flexibility index (Phi) is 12.6. The molecule has 0 radical (unpaired) electrons. The first kappa shape index (κ1) is 22.5. The van der Waals surface area contributed by atoms with Crippen molar-refractivity contribution >= 4 is 11.6 Å². The van der Waals surface area contributed by atoms with Crippen molar-refractivity contribution in [2.75, 3.05) is 58.1 Å². The van der Waals surface area contributed by atoms with Gasteiger partial charge >= 0.3 is 0 Å². The number of anilines is 1. The van der Waals surface area contributed by atoms with E-state index in [4.69, 9.17) is 18.9 Å². The molecule has 0 fully saturated rings. The quantitative estimate of drug-likeness (QED) is 0.354. The van der Waals surface area contributed by atoms with E-state index in [1.807, 2.05) is 20.8 Å². The van der Waals surface area contributed by atoms with E-state index in [1.54, 1.807) is 18.3 Å². The van der Waals surface area contributed by atoms with Crippen molar-refractivity contribution in [1.82, 2.24) is 4.98 Å². The molecule has 0 aromatic carbocycles. The van der Waals surface area contributed by atoms with Gasteiger partial charge in [-0.05, 0) is 26.0 Å². The fraction of sp³-hybridized carbons (Fsp3) is 0.684. The van der Waals surface area contributed by atoms with Crippen molar-refractivity contribution in [2.24, 2.45) is 0 Å². The first-order valence-corrected chi connectivity index (χ1v) is 9.21. The molecule has 0 unspecified atom stereocenters. The minimum atomic E-state index is 0.